The number of benzene rings is 3. The van der Waals surface area contributed by atoms with Crippen LogP contribution in [0, 0.1) is 6.92 Å². The minimum Gasteiger partial charge on any atom is -0.345 e. The van der Waals surface area contributed by atoms with Gasteiger partial charge in [-0.25, -0.2) is 0 Å². The molecule has 1 heterocycles. The molecule has 5 nitrogen and oxygen atoms in total. The third-order valence-electron chi connectivity index (χ3n) is 4.92. The first-order valence-corrected chi connectivity index (χ1v) is 11.1. The van der Waals surface area contributed by atoms with E-state index in [1.54, 1.807) is 6.92 Å². The summed E-state index contributed by atoms with van der Waals surface area (Å²) in [7, 11) is 0. The van der Waals surface area contributed by atoms with Crippen molar-refractivity contribution in [2.45, 2.75) is 30.5 Å². The van der Waals surface area contributed by atoms with E-state index in [0.29, 0.717) is 23.0 Å². The molecular formula is C25H23N3O2S. The summed E-state index contributed by atoms with van der Waals surface area (Å²) in [6, 6.07) is 26.0. The minimum atomic E-state index is -0.117. The molecule has 0 aliphatic heterocycles. The zero-order valence-corrected chi connectivity index (χ0v) is 18.2. The standard InChI is InChI=1S/C25H23N3O2S/c1-17(19-12-14-21(15-13-19)20-8-4-3-5-9-20)26-25(29)22-10-6-7-11-23(22)31-16-24-27-18(2)28-30-24/h3-15,17H,16H2,1-2H3,(H,26,29)/t17-/m0/s1. The lowest BCUT2D eigenvalue weighted by molar-refractivity contribution is 0.0937. The number of rotatable bonds is 7. The maximum atomic E-state index is 13.0. The minimum absolute atomic E-state index is 0.107. The highest BCUT2D eigenvalue weighted by Gasteiger charge is 2.16. The molecule has 0 fully saturated rings. The van der Waals surface area contributed by atoms with E-state index in [2.05, 4.69) is 51.9 Å². The van der Waals surface area contributed by atoms with Crippen molar-refractivity contribution in [3.8, 4) is 11.1 Å². The van der Waals surface area contributed by atoms with Crippen LogP contribution >= 0.6 is 11.8 Å². The Hall–Kier alpha value is -3.38. The third kappa shape index (κ3) is 5.22. The fraction of sp³-hybridized carbons (Fsp3) is 0.160. The number of hydrogen-bond donors (Lipinski definition) is 1. The predicted octanol–water partition coefficient (Wildman–Crippen LogP) is 5.83. The van der Waals surface area contributed by atoms with Gasteiger partial charge < -0.3 is 9.84 Å². The number of aromatic nitrogens is 2. The maximum Gasteiger partial charge on any atom is 0.252 e. The predicted molar refractivity (Wildman–Crippen MR) is 123 cm³/mol. The molecule has 0 aliphatic carbocycles. The number of aryl methyl sites for hydroxylation is 1. The molecule has 0 bridgehead atoms. The monoisotopic (exact) mass is 429 g/mol. The van der Waals surface area contributed by atoms with Gasteiger partial charge in [0.25, 0.3) is 5.91 Å². The lowest BCUT2D eigenvalue weighted by atomic mass is 10.0. The Bertz CT molecular complexity index is 1160. The van der Waals surface area contributed by atoms with Crippen LogP contribution < -0.4 is 5.32 Å². The van der Waals surface area contributed by atoms with Crippen LogP contribution in [0.5, 0.6) is 0 Å². The van der Waals surface area contributed by atoms with Gasteiger partial charge >= 0.3 is 0 Å². The highest BCUT2D eigenvalue weighted by molar-refractivity contribution is 7.98. The van der Waals surface area contributed by atoms with E-state index in [1.807, 2.05) is 49.4 Å². The number of carbonyl (C=O) groups excluding carboxylic acids is 1. The first-order valence-electron chi connectivity index (χ1n) is 10.1. The molecule has 31 heavy (non-hydrogen) atoms. The van der Waals surface area contributed by atoms with Gasteiger partial charge in [-0.1, -0.05) is 71.9 Å². The molecule has 4 aromatic rings. The summed E-state index contributed by atoms with van der Waals surface area (Å²) < 4.78 is 5.17. The van der Waals surface area contributed by atoms with E-state index in [9.17, 15) is 4.79 Å². The molecular weight excluding hydrogens is 406 g/mol. The van der Waals surface area contributed by atoms with Crippen LogP contribution in [0.25, 0.3) is 11.1 Å². The highest BCUT2D eigenvalue weighted by atomic mass is 32.2. The summed E-state index contributed by atoms with van der Waals surface area (Å²) in [6.07, 6.45) is 0. The SMILES string of the molecule is Cc1noc(CSc2ccccc2C(=O)N[C@@H](C)c2ccc(-c3ccccc3)cc2)n1. The van der Waals surface area contributed by atoms with Crippen molar-refractivity contribution in [2.75, 3.05) is 0 Å². The average molecular weight is 430 g/mol. The molecule has 1 N–H and O–H groups in total. The zero-order valence-electron chi connectivity index (χ0n) is 17.4. The number of nitrogens with one attached hydrogen (secondary N) is 1. The number of amides is 1. The molecule has 3 aromatic carbocycles. The summed E-state index contributed by atoms with van der Waals surface area (Å²) in [4.78, 5) is 18.1. The van der Waals surface area contributed by atoms with Crippen molar-refractivity contribution >= 4 is 17.7 Å². The molecule has 1 aromatic heterocycles. The van der Waals surface area contributed by atoms with Gasteiger partial charge in [-0.15, -0.1) is 11.8 Å². The lowest BCUT2D eigenvalue weighted by Gasteiger charge is -2.16. The van der Waals surface area contributed by atoms with Gasteiger partial charge in [-0.05, 0) is 42.7 Å². The Labute approximate surface area is 185 Å². The largest absolute Gasteiger partial charge is 0.345 e. The van der Waals surface area contributed by atoms with Gasteiger partial charge in [-0.2, -0.15) is 4.98 Å². The highest BCUT2D eigenvalue weighted by Crippen LogP contribution is 2.27. The first kappa shape index (κ1) is 20.9. The molecule has 0 aliphatic rings. The topological polar surface area (TPSA) is 68.0 Å². The van der Waals surface area contributed by atoms with Gasteiger partial charge in [-0.3, -0.25) is 4.79 Å². The van der Waals surface area contributed by atoms with Crippen molar-refractivity contribution < 1.29 is 9.32 Å². The molecule has 4 rings (SSSR count). The zero-order chi connectivity index (χ0) is 21.6. The van der Waals surface area contributed by atoms with Crippen molar-refractivity contribution in [2.24, 2.45) is 0 Å². The Kier molecular flexibility index (Phi) is 6.48. The van der Waals surface area contributed by atoms with E-state index < -0.39 is 0 Å². The van der Waals surface area contributed by atoms with Crippen LogP contribution in [0.2, 0.25) is 0 Å². The van der Waals surface area contributed by atoms with E-state index in [4.69, 9.17) is 4.52 Å². The summed E-state index contributed by atoms with van der Waals surface area (Å²) in [5.41, 5.74) is 4.02. The second-order valence-corrected chi connectivity index (χ2v) is 8.22. The van der Waals surface area contributed by atoms with Gasteiger partial charge in [0, 0.05) is 4.90 Å². The van der Waals surface area contributed by atoms with Crippen molar-refractivity contribution in [3.05, 3.63) is 102 Å². The Balaban J connectivity index is 1.43. The summed E-state index contributed by atoms with van der Waals surface area (Å²) in [5.74, 6) is 1.56. The van der Waals surface area contributed by atoms with E-state index in [1.165, 1.54) is 17.3 Å². The molecule has 0 unspecified atom stereocenters. The number of thioether (sulfide) groups is 1. The van der Waals surface area contributed by atoms with Crippen LogP contribution in [-0.4, -0.2) is 16.0 Å². The fourth-order valence-electron chi connectivity index (χ4n) is 3.27. The third-order valence-corrected chi connectivity index (χ3v) is 5.98. The van der Waals surface area contributed by atoms with Crippen molar-refractivity contribution in [1.29, 1.82) is 0 Å². The fourth-order valence-corrected chi connectivity index (χ4v) is 4.16. The van der Waals surface area contributed by atoms with E-state index in [0.717, 1.165) is 16.0 Å². The second kappa shape index (κ2) is 9.62. The van der Waals surface area contributed by atoms with Gasteiger partial charge in [0.15, 0.2) is 5.82 Å². The Morgan fingerprint density at radius 3 is 2.35 bits per heavy atom. The Morgan fingerprint density at radius 2 is 1.65 bits per heavy atom. The van der Waals surface area contributed by atoms with E-state index in [-0.39, 0.29) is 11.9 Å². The lowest BCUT2D eigenvalue weighted by Crippen LogP contribution is -2.27. The van der Waals surface area contributed by atoms with Crippen LogP contribution in [-0.2, 0) is 5.75 Å². The van der Waals surface area contributed by atoms with Gasteiger partial charge in [0.05, 0.1) is 17.4 Å². The molecule has 1 amide bonds. The average Bonchev–Trinajstić information content (AvgIpc) is 3.23. The van der Waals surface area contributed by atoms with Crippen LogP contribution in [0.4, 0.5) is 0 Å². The van der Waals surface area contributed by atoms with Crippen LogP contribution in [0.15, 0.2) is 88.3 Å². The maximum absolute atomic E-state index is 13.0. The second-order valence-electron chi connectivity index (χ2n) is 7.20. The number of hydrogen-bond acceptors (Lipinski definition) is 5. The molecule has 6 heteroatoms. The van der Waals surface area contributed by atoms with Gasteiger partial charge in [0.2, 0.25) is 5.89 Å². The molecule has 0 saturated heterocycles. The normalized spacial score (nSPS) is 11.8. The Morgan fingerprint density at radius 1 is 0.968 bits per heavy atom. The quantitative estimate of drug-likeness (QED) is 0.375. The summed E-state index contributed by atoms with van der Waals surface area (Å²) >= 11 is 1.51. The van der Waals surface area contributed by atoms with Crippen molar-refractivity contribution in [3.63, 3.8) is 0 Å². The summed E-state index contributed by atoms with van der Waals surface area (Å²) in [5, 5.41) is 6.92. The first-order chi connectivity index (χ1) is 15.1. The molecule has 0 saturated carbocycles. The van der Waals surface area contributed by atoms with E-state index >= 15 is 0 Å². The van der Waals surface area contributed by atoms with Crippen molar-refractivity contribution in [1.82, 2.24) is 15.5 Å². The molecule has 156 valence electrons. The molecule has 0 spiro atoms. The van der Waals surface area contributed by atoms with Crippen LogP contribution in [0.3, 0.4) is 0 Å². The smallest absolute Gasteiger partial charge is 0.252 e. The van der Waals surface area contributed by atoms with Crippen LogP contribution in [0.1, 0.15) is 40.6 Å². The van der Waals surface area contributed by atoms with Gasteiger partial charge in [0.1, 0.15) is 0 Å². The summed E-state index contributed by atoms with van der Waals surface area (Å²) in [6.45, 7) is 3.78. The molecule has 0 radical (unpaired) electrons. The number of nitrogens with zero attached hydrogens (tertiary/aromatic N) is 2. The number of carbonyl (C=O) groups is 1. The molecule has 1 atom stereocenters.